The van der Waals surface area contributed by atoms with Gasteiger partial charge < -0.3 is 5.32 Å². The van der Waals surface area contributed by atoms with Crippen molar-refractivity contribution in [1.82, 2.24) is 14.3 Å². The van der Waals surface area contributed by atoms with Gasteiger partial charge in [-0.25, -0.2) is 4.72 Å². The zero-order valence-electron chi connectivity index (χ0n) is 10.4. The summed E-state index contributed by atoms with van der Waals surface area (Å²) in [6, 6.07) is -0.00866. The summed E-state index contributed by atoms with van der Waals surface area (Å²) < 4.78 is 27.5. The monoisotopic (exact) mass is 249 g/mol. The molecular formula is C10H23N3O2S. The van der Waals surface area contributed by atoms with Crippen molar-refractivity contribution in [2.75, 3.05) is 26.7 Å². The molecule has 1 unspecified atom stereocenters. The second kappa shape index (κ2) is 5.95. The summed E-state index contributed by atoms with van der Waals surface area (Å²) in [6.07, 6.45) is 2.07. The minimum absolute atomic E-state index is 0.00866. The molecule has 5 nitrogen and oxygen atoms in total. The van der Waals surface area contributed by atoms with Gasteiger partial charge in [0, 0.05) is 19.6 Å². The highest BCUT2D eigenvalue weighted by molar-refractivity contribution is 7.87. The number of rotatable bonds is 6. The van der Waals surface area contributed by atoms with E-state index in [2.05, 4.69) is 10.0 Å². The summed E-state index contributed by atoms with van der Waals surface area (Å²) >= 11 is 0. The molecule has 2 N–H and O–H groups in total. The van der Waals surface area contributed by atoms with Gasteiger partial charge >= 0.3 is 0 Å². The maximum Gasteiger partial charge on any atom is 0.279 e. The van der Waals surface area contributed by atoms with Gasteiger partial charge in [0.15, 0.2) is 0 Å². The Morgan fingerprint density at radius 3 is 2.69 bits per heavy atom. The van der Waals surface area contributed by atoms with Crippen LogP contribution in [-0.4, -0.2) is 45.4 Å². The Labute approximate surface area is 98.8 Å². The van der Waals surface area contributed by atoms with E-state index in [0.717, 1.165) is 25.9 Å². The van der Waals surface area contributed by atoms with E-state index < -0.39 is 10.2 Å². The lowest BCUT2D eigenvalue weighted by Gasteiger charge is -2.21. The second-order valence-corrected chi connectivity index (χ2v) is 6.47. The molecule has 1 rings (SSSR count). The van der Waals surface area contributed by atoms with Crippen LogP contribution in [0.5, 0.6) is 0 Å². The zero-order chi connectivity index (χ0) is 12.2. The van der Waals surface area contributed by atoms with Crippen LogP contribution in [0.1, 0.15) is 26.7 Å². The van der Waals surface area contributed by atoms with Crippen LogP contribution in [0.3, 0.4) is 0 Å². The van der Waals surface area contributed by atoms with Crippen LogP contribution in [-0.2, 0) is 10.2 Å². The van der Waals surface area contributed by atoms with Gasteiger partial charge in [0.25, 0.3) is 10.2 Å². The van der Waals surface area contributed by atoms with E-state index in [1.165, 1.54) is 4.31 Å². The zero-order valence-corrected chi connectivity index (χ0v) is 11.2. The highest BCUT2D eigenvalue weighted by Crippen LogP contribution is 2.11. The Morgan fingerprint density at radius 1 is 1.50 bits per heavy atom. The van der Waals surface area contributed by atoms with E-state index >= 15 is 0 Å². The van der Waals surface area contributed by atoms with Gasteiger partial charge in [-0.15, -0.1) is 0 Å². The molecule has 6 heteroatoms. The Kier molecular flexibility index (Phi) is 5.17. The van der Waals surface area contributed by atoms with Crippen molar-refractivity contribution >= 4 is 10.2 Å². The fourth-order valence-electron chi connectivity index (χ4n) is 1.73. The summed E-state index contributed by atoms with van der Waals surface area (Å²) in [6.45, 7) is 6.33. The first-order valence-electron chi connectivity index (χ1n) is 5.87. The Balaban J connectivity index is 2.30. The third kappa shape index (κ3) is 4.01. The van der Waals surface area contributed by atoms with Gasteiger partial charge in [-0.3, -0.25) is 0 Å². The fraction of sp³-hybridized carbons (Fsp3) is 1.00. The van der Waals surface area contributed by atoms with E-state index in [1.54, 1.807) is 7.05 Å². The average Bonchev–Trinajstić information content (AvgIpc) is 2.69. The third-order valence-electron chi connectivity index (χ3n) is 3.11. The highest BCUT2D eigenvalue weighted by Gasteiger charge is 2.20. The van der Waals surface area contributed by atoms with Gasteiger partial charge in [-0.05, 0) is 45.7 Å². The average molecular weight is 249 g/mol. The number of hydrogen-bond acceptors (Lipinski definition) is 3. The summed E-state index contributed by atoms with van der Waals surface area (Å²) in [5.41, 5.74) is 0. The van der Waals surface area contributed by atoms with Crippen LogP contribution < -0.4 is 10.0 Å². The molecule has 1 atom stereocenters. The Hall–Kier alpha value is -0.170. The summed E-state index contributed by atoms with van der Waals surface area (Å²) in [5.74, 6) is 0.618. The molecule has 0 aliphatic carbocycles. The lowest BCUT2D eigenvalue weighted by Crippen LogP contribution is -2.42. The first kappa shape index (κ1) is 13.9. The summed E-state index contributed by atoms with van der Waals surface area (Å²) in [4.78, 5) is 0. The van der Waals surface area contributed by atoms with Gasteiger partial charge in [0.2, 0.25) is 0 Å². The van der Waals surface area contributed by atoms with Gasteiger partial charge in [0.1, 0.15) is 0 Å². The standard InChI is InChI=1S/C10H23N3O2S/c1-9(2)13(3)16(14,15)12-7-5-10-4-6-11-8-10/h9-12H,4-8H2,1-3H3. The van der Waals surface area contributed by atoms with Crippen LogP contribution in [0.2, 0.25) is 0 Å². The summed E-state index contributed by atoms with van der Waals surface area (Å²) in [5, 5.41) is 3.27. The van der Waals surface area contributed by atoms with Crippen molar-refractivity contribution in [1.29, 1.82) is 0 Å². The molecular weight excluding hydrogens is 226 g/mol. The third-order valence-corrected chi connectivity index (χ3v) is 4.85. The van der Waals surface area contributed by atoms with Crippen molar-refractivity contribution in [3.8, 4) is 0 Å². The van der Waals surface area contributed by atoms with Crippen molar-refractivity contribution in [2.24, 2.45) is 5.92 Å². The molecule has 0 aromatic heterocycles. The minimum Gasteiger partial charge on any atom is -0.316 e. The largest absolute Gasteiger partial charge is 0.316 e. The molecule has 0 aromatic rings. The van der Waals surface area contributed by atoms with Gasteiger partial charge in [0.05, 0.1) is 0 Å². The Bertz CT molecular complexity index is 297. The first-order chi connectivity index (χ1) is 7.43. The van der Waals surface area contributed by atoms with Crippen LogP contribution in [0.4, 0.5) is 0 Å². The number of nitrogens with zero attached hydrogens (tertiary/aromatic N) is 1. The van der Waals surface area contributed by atoms with Crippen molar-refractivity contribution in [3.05, 3.63) is 0 Å². The van der Waals surface area contributed by atoms with E-state index in [4.69, 9.17) is 0 Å². The quantitative estimate of drug-likeness (QED) is 0.705. The molecule has 1 heterocycles. The lowest BCUT2D eigenvalue weighted by molar-refractivity contribution is 0.399. The van der Waals surface area contributed by atoms with Gasteiger partial charge in [-0.1, -0.05) is 0 Å². The maximum absolute atomic E-state index is 11.7. The molecule has 96 valence electrons. The molecule has 1 aliphatic rings. The van der Waals surface area contributed by atoms with E-state index in [-0.39, 0.29) is 6.04 Å². The second-order valence-electron chi connectivity index (χ2n) is 4.66. The number of hydrogen-bond donors (Lipinski definition) is 2. The van der Waals surface area contributed by atoms with Crippen molar-refractivity contribution in [2.45, 2.75) is 32.7 Å². The Morgan fingerprint density at radius 2 is 2.19 bits per heavy atom. The van der Waals surface area contributed by atoms with Crippen molar-refractivity contribution in [3.63, 3.8) is 0 Å². The predicted octanol–water partition coefficient (Wildman–Crippen LogP) is 0.161. The molecule has 0 amide bonds. The molecule has 0 bridgehead atoms. The maximum atomic E-state index is 11.7. The molecule has 16 heavy (non-hydrogen) atoms. The van der Waals surface area contributed by atoms with Gasteiger partial charge in [-0.2, -0.15) is 12.7 Å². The normalized spacial score (nSPS) is 22.2. The van der Waals surface area contributed by atoms with E-state index in [9.17, 15) is 8.42 Å². The highest BCUT2D eigenvalue weighted by atomic mass is 32.2. The molecule has 0 radical (unpaired) electrons. The smallest absolute Gasteiger partial charge is 0.279 e. The van der Waals surface area contributed by atoms with Crippen molar-refractivity contribution < 1.29 is 8.42 Å². The molecule has 0 saturated carbocycles. The minimum atomic E-state index is -3.29. The topological polar surface area (TPSA) is 61.4 Å². The SMILES string of the molecule is CC(C)N(C)S(=O)(=O)NCCC1CCNC1. The molecule has 1 saturated heterocycles. The van der Waals surface area contributed by atoms with Crippen LogP contribution in [0.15, 0.2) is 0 Å². The van der Waals surface area contributed by atoms with E-state index in [1.807, 2.05) is 13.8 Å². The summed E-state index contributed by atoms with van der Waals surface area (Å²) in [7, 11) is -1.69. The molecule has 0 spiro atoms. The molecule has 1 aliphatic heterocycles. The molecule has 1 fully saturated rings. The fourth-order valence-corrected chi connectivity index (χ4v) is 2.87. The van der Waals surface area contributed by atoms with E-state index in [0.29, 0.717) is 12.5 Å². The number of nitrogens with one attached hydrogen (secondary N) is 2. The van der Waals surface area contributed by atoms with Crippen LogP contribution in [0.25, 0.3) is 0 Å². The molecule has 0 aromatic carbocycles. The van der Waals surface area contributed by atoms with Crippen LogP contribution in [0, 0.1) is 5.92 Å². The van der Waals surface area contributed by atoms with Crippen LogP contribution >= 0.6 is 0 Å². The predicted molar refractivity (Wildman–Crippen MR) is 65.4 cm³/mol. The first-order valence-corrected chi connectivity index (χ1v) is 7.31. The lowest BCUT2D eigenvalue weighted by atomic mass is 10.1.